The second-order valence-electron chi connectivity index (χ2n) is 5.10. The monoisotopic (exact) mass is 338 g/mol. The van der Waals surface area contributed by atoms with Gasteiger partial charge in [0.25, 0.3) is 0 Å². The molecule has 1 heterocycles. The van der Waals surface area contributed by atoms with Gasteiger partial charge in [0.1, 0.15) is 0 Å². The summed E-state index contributed by atoms with van der Waals surface area (Å²) >= 11 is 1.75. The molecular weight excluding hydrogens is 316 g/mol. The number of nitrogens with two attached hydrogens (primary N) is 1. The molecule has 0 saturated heterocycles. The van der Waals surface area contributed by atoms with Gasteiger partial charge in [0.15, 0.2) is 0 Å². The van der Waals surface area contributed by atoms with E-state index in [-0.39, 0.29) is 18.3 Å². The maximum Gasteiger partial charge on any atom is 0.224 e. The minimum absolute atomic E-state index is 0. The Bertz CT molecular complexity index is 571. The van der Waals surface area contributed by atoms with Crippen molar-refractivity contribution >= 4 is 29.7 Å². The molecule has 0 unspecified atom stereocenters. The normalized spacial score (nSPS) is 10.1. The van der Waals surface area contributed by atoms with E-state index in [1.165, 1.54) is 15.3 Å². The first-order valence-electron chi connectivity index (χ1n) is 7.26. The molecule has 0 spiro atoms. The van der Waals surface area contributed by atoms with Crippen LogP contribution in [0.15, 0.2) is 42.5 Å². The summed E-state index contributed by atoms with van der Waals surface area (Å²) in [5.74, 6) is 0.138. The molecule has 5 heteroatoms. The first-order valence-corrected chi connectivity index (χ1v) is 8.08. The SMILES string of the molecule is Cc1ccc(CN(CCc2ccccc2)C(=O)CCN)s1.Cl. The number of hydrogen-bond donors (Lipinski definition) is 1. The first kappa shape index (κ1) is 18.7. The summed E-state index contributed by atoms with van der Waals surface area (Å²) in [7, 11) is 0. The second kappa shape index (κ2) is 9.62. The van der Waals surface area contributed by atoms with Gasteiger partial charge in [-0.25, -0.2) is 0 Å². The van der Waals surface area contributed by atoms with Crippen LogP contribution in [0, 0.1) is 6.92 Å². The molecule has 1 amide bonds. The van der Waals surface area contributed by atoms with Crippen molar-refractivity contribution in [1.29, 1.82) is 0 Å². The van der Waals surface area contributed by atoms with E-state index in [1.54, 1.807) is 11.3 Å². The van der Waals surface area contributed by atoms with Gasteiger partial charge >= 0.3 is 0 Å². The Labute approximate surface area is 142 Å². The summed E-state index contributed by atoms with van der Waals surface area (Å²) in [6, 6.07) is 14.5. The van der Waals surface area contributed by atoms with Crippen LogP contribution in [-0.4, -0.2) is 23.9 Å². The van der Waals surface area contributed by atoms with Gasteiger partial charge in [-0.1, -0.05) is 30.3 Å². The summed E-state index contributed by atoms with van der Waals surface area (Å²) in [5, 5.41) is 0. The highest BCUT2D eigenvalue weighted by Crippen LogP contribution is 2.18. The predicted octanol–water partition coefficient (Wildman–Crippen LogP) is 3.40. The average molecular weight is 339 g/mol. The predicted molar refractivity (Wildman–Crippen MR) is 95.5 cm³/mol. The zero-order valence-electron chi connectivity index (χ0n) is 12.8. The highest BCUT2D eigenvalue weighted by molar-refractivity contribution is 7.11. The number of aryl methyl sites for hydroxylation is 1. The van der Waals surface area contributed by atoms with Gasteiger partial charge < -0.3 is 10.6 Å². The van der Waals surface area contributed by atoms with E-state index in [2.05, 4.69) is 31.2 Å². The van der Waals surface area contributed by atoms with Crippen molar-refractivity contribution in [3.8, 4) is 0 Å². The van der Waals surface area contributed by atoms with Crippen molar-refractivity contribution in [2.24, 2.45) is 5.73 Å². The van der Waals surface area contributed by atoms with Crippen LogP contribution in [0.25, 0.3) is 0 Å². The van der Waals surface area contributed by atoms with Crippen LogP contribution in [0.1, 0.15) is 21.7 Å². The smallest absolute Gasteiger partial charge is 0.224 e. The molecule has 120 valence electrons. The number of halogens is 1. The Morgan fingerprint density at radius 2 is 1.91 bits per heavy atom. The highest BCUT2D eigenvalue weighted by atomic mass is 35.5. The molecule has 0 aliphatic rings. The lowest BCUT2D eigenvalue weighted by Gasteiger charge is -2.22. The van der Waals surface area contributed by atoms with E-state index in [0.717, 1.165) is 13.0 Å². The molecule has 0 fully saturated rings. The number of benzene rings is 1. The lowest BCUT2D eigenvalue weighted by Crippen LogP contribution is -2.33. The molecule has 1 aromatic heterocycles. The van der Waals surface area contributed by atoms with Crippen LogP contribution in [0.5, 0.6) is 0 Å². The molecule has 22 heavy (non-hydrogen) atoms. The lowest BCUT2D eigenvalue weighted by molar-refractivity contribution is -0.131. The summed E-state index contributed by atoms with van der Waals surface area (Å²) in [6.45, 7) is 3.91. The maximum absolute atomic E-state index is 12.2. The number of carbonyl (C=O) groups excluding carboxylic acids is 1. The van der Waals surface area contributed by atoms with E-state index in [1.807, 2.05) is 23.1 Å². The van der Waals surface area contributed by atoms with Crippen molar-refractivity contribution in [3.05, 3.63) is 57.8 Å². The number of nitrogens with zero attached hydrogens (tertiary/aromatic N) is 1. The summed E-state index contributed by atoms with van der Waals surface area (Å²) < 4.78 is 0. The van der Waals surface area contributed by atoms with E-state index >= 15 is 0 Å². The molecule has 1 aromatic carbocycles. The minimum atomic E-state index is 0. The first-order chi connectivity index (χ1) is 10.2. The molecule has 2 rings (SSSR count). The molecule has 0 radical (unpaired) electrons. The van der Waals surface area contributed by atoms with E-state index in [4.69, 9.17) is 5.73 Å². The molecule has 0 saturated carbocycles. The number of carbonyl (C=O) groups is 1. The van der Waals surface area contributed by atoms with E-state index in [9.17, 15) is 4.79 Å². The summed E-state index contributed by atoms with van der Waals surface area (Å²) in [6.07, 6.45) is 1.29. The Balaban J connectivity index is 0.00000242. The Morgan fingerprint density at radius 1 is 1.18 bits per heavy atom. The second-order valence-corrected chi connectivity index (χ2v) is 6.47. The van der Waals surface area contributed by atoms with Crippen molar-refractivity contribution in [2.75, 3.05) is 13.1 Å². The summed E-state index contributed by atoms with van der Waals surface area (Å²) in [4.78, 5) is 16.7. The third-order valence-corrected chi connectivity index (χ3v) is 4.35. The number of thiophene rings is 1. The van der Waals surface area contributed by atoms with E-state index < -0.39 is 0 Å². The topological polar surface area (TPSA) is 46.3 Å². The number of hydrogen-bond acceptors (Lipinski definition) is 3. The van der Waals surface area contributed by atoms with Crippen LogP contribution in [0.4, 0.5) is 0 Å². The molecule has 0 bridgehead atoms. The van der Waals surface area contributed by atoms with Crippen molar-refractivity contribution in [2.45, 2.75) is 26.3 Å². The van der Waals surface area contributed by atoms with Gasteiger partial charge in [-0.3, -0.25) is 4.79 Å². The Morgan fingerprint density at radius 3 is 2.50 bits per heavy atom. The average Bonchev–Trinajstić information content (AvgIpc) is 2.90. The zero-order valence-corrected chi connectivity index (χ0v) is 14.5. The Hall–Kier alpha value is -1.36. The highest BCUT2D eigenvalue weighted by Gasteiger charge is 2.14. The van der Waals surface area contributed by atoms with Crippen molar-refractivity contribution in [3.63, 3.8) is 0 Å². The fraction of sp³-hybridized carbons (Fsp3) is 0.353. The molecule has 0 atom stereocenters. The van der Waals surface area contributed by atoms with E-state index in [0.29, 0.717) is 19.5 Å². The fourth-order valence-corrected chi connectivity index (χ4v) is 3.15. The van der Waals surface area contributed by atoms with Crippen LogP contribution < -0.4 is 5.73 Å². The fourth-order valence-electron chi connectivity index (χ4n) is 2.24. The van der Waals surface area contributed by atoms with Gasteiger partial charge in [0, 0.05) is 29.3 Å². The minimum Gasteiger partial charge on any atom is -0.337 e. The molecule has 0 aliphatic heterocycles. The van der Waals surface area contributed by atoms with Crippen molar-refractivity contribution in [1.82, 2.24) is 4.90 Å². The molecule has 0 aliphatic carbocycles. The zero-order chi connectivity index (χ0) is 15.1. The quantitative estimate of drug-likeness (QED) is 0.841. The third kappa shape index (κ3) is 5.79. The largest absolute Gasteiger partial charge is 0.337 e. The lowest BCUT2D eigenvalue weighted by atomic mass is 10.1. The number of rotatable bonds is 7. The number of amides is 1. The van der Waals surface area contributed by atoms with Crippen LogP contribution in [0.2, 0.25) is 0 Å². The Kier molecular flexibility index (Phi) is 8.17. The van der Waals surface area contributed by atoms with Gasteiger partial charge in [-0.15, -0.1) is 23.7 Å². The van der Waals surface area contributed by atoms with Gasteiger partial charge in [-0.2, -0.15) is 0 Å². The summed E-state index contributed by atoms with van der Waals surface area (Å²) in [5.41, 5.74) is 6.78. The molecular formula is C17H23ClN2OS. The third-order valence-electron chi connectivity index (χ3n) is 3.37. The molecule has 2 N–H and O–H groups in total. The van der Waals surface area contributed by atoms with Gasteiger partial charge in [0.2, 0.25) is 5.91 Å². The van der Waals surface area contributed by atoms with Crippen LogP contribution in [-0.2, 0) is 17.8 Å². The van der Waals surface area contributed by atoms with Crippen LogP contribution >= 0.6 is 23.7 Å². The van der Waals surface area contributed by atoms with Gasteiger partial charge in [-0.05, 0) is 31.0 Å². The maximum atomic E-state index is 12.2. The van der Waals surface area contributed by atoms with Crippen LogP contribution in [0.3, 0.4) is 0 Å². The molecule has 2 aromatic rings. The standard InChI is InChI=1S/C17H22N2OS.ClH/c1-14-7-8-16(21-14)13-19(17(20)9-11-18)12-10-15-5-3-2-4-6-15;/h2-8H,9-13,18H2,1H3;1H. The van der Waals surface area contributed by atoms with Gasteiger partial charge in [0.05, 0.1) is 6.54 Å². The molecule has 3 nitrogen and oxygen atoms in total. The van der Waals surface area contributed by atoms with Crippen molar-refractivity contribution < 1.29 is 4.79 Å².